The van der Waals surface area contributed by atoms with Crippen molar-refractivity contribution in [1.82, 2.24) is 14.6 Å². The Labute approximate surface area is 121 Å². The molecule has 1 aliphatic heterocycles. The highest BCUT2D eigenvalue weighted by Gasteiger charge is 2.39. The summed E-state index contributed by atoms with van der Waals surface area (Å²) >= 11 is 0. The van der Waals surface area contributed by atoms with Crippen LogP contribution in [0.3, 0.4) is 0 Å². The first-order valence-corrected chi connectivity index (χ1v) is 6.70. The van der Waals surface area contributed by atoms with Crippen LogP contribution in [0, 0.1) is 12.3 Å². The van der Waals surface area contributed by atoms with Crippen molar-refractivity contribution in [3.05, 3.63) is 24.4 Å². The highest BCUT2D eigenvalue weighted by atomic mass is 16.1. The molecule has 0 bridgehead atoms. The van der Waals surface area contributed by atoms with Gasteiger partial charge in [-0.3, -0.25) is 10.1 Å². The van der Waals surface area contributed by atoms with Crippen LogP contribution in [0.4, 0.5) is 5.95 Å². The number of nitrogens with one attached hydrogen (secondary N) is 1. The van der Waals surface area contributed by atoms with E-state index in [-0.39, 0.29) is 5.91 Å². The first-order valence-electron chi connectivity index (χ1n) is 6.70. The Balaban J connectivity index is 1.53. The van der Waals surface area contributed by atoms with Gasteiger partial charge in [-0.1, -0.05) is 6.07 Å². The molecule has 0 unspecified atom stereocenters. The van der Waals surface area contributed by atoms with Crippen molar-refractivity contribution >= 4 is 17.5 Å². The predicted octanol–water partition coefficient (Wildman–Crippen LogP) is 2.02. The number of fused-ring (bicyclic) bond motifs is 1. The maximum Gasteiger partial charge on any atom is 0.249 e. The van der Waals surface area contributed by atoms with Crippen molar-refractivity contribution in [2.24, 2.45) is 10.2 Å². The third-order valence-corrected chi connectivity index (χ3v) is 3.30. The zero-order valence-electron chi connectivity index (χ0n) is 11.4. The second-order valence-electron chi connectivity index (χ2n) is 4.87. The smallest absolute Gasteiger partial charge is 0.249 e. The summed E-state index contributed by atoms with van der Waals surface area (Å²) in [4.78, 5) is 16.1. The highest BCUT2D eigenvalue weighted by Crippen LogP contribution is 2.37. The molecule has 0 aliphatic carbocycles. The Kier molecular flexibility index (Phi) is 3.36. The predicted molar refractivity (Wildman–Crippen MR) is 76.5 cm³/mol. The molecule has 1 N–H and O–H groups in total. The van der Waals surface area contributed by atoms with Gasteiger partial charge in [-0.15, -0.1) is 17.4 Å². The van der Waals surface area contributed by atoms with Crippen molar-refractivity contribution in [2.75, 3.05) is 5.32 Å². The molecule has 0 saturated carbocycles. The van der Waals surface area contributed by atoms with Crippen LogP contribution in [0.5, 0.6) is 0 Å². The van der Waals surface area contributed by atoms with Crippen LogP contribution in [0.25, 0.3) is 5.65 Å². The number of pyridine rings is 1. The lowest BCUT2D eigenvalue weighted by atomic mass is 10.0. The number of amides is 1. The molecule has 21 heavy (non-hydrogen) atoms. The Morgan fingerprint density at radius 1 is 1.38 bits per heavy atom. The van der Waals surface area contributed by atoms with E-state index in [1.807, 2.05) is 18.2 Å². The molecule has 2 aromatic heterocycles. The molecule has 1 amide bonds. The zero-order valence-corrected chi connectivity index (χ0v) is 11.4. The van der Waals surface area contributed by atoms with Crippen molar-refractivity contribution in [2.45, 2.75) is 31.3 Å². The first-order chi connectivity index (χ1) is 10.2. The largest absolute Gasteiger partial charge is 0.293 e. The van der Waals surface area contributed by atoms with Gasteiger partial charge in [-0.05, 0) is 12.1 Å². The van der Waals surface area contributed by atoms with Gasteiger partial charge in [0.15, 0.2) is 11.3 Å². The first kappa shape index (κ1) is 13.2. The van der Waals surface area contributed by atoms with Crippen LogP contribution in [-0.2, 0) is 4.79 Å². The van der Waals surface area contributed by atoms with Crippen LogP contribution < -0.4 is 5.32 Å². The van der Waals surface area contributed by atoms with Crippen molar-refractivity contribution in [1.29, 1.82) is 0 Å². The maximum atomic E-state index is 11.9. The van der Waals surface area contributed by atoms with Gasteiger partial charge in [0.05, 0.1) is 0 Å². The fraction of sp³-hybridized carbons (Fsp3) is 0.357. The minimum absolute atomic E-state index is 0.150. The highest BCUT2D eigenvalue weighted by molar-refractivity contribution is 5.89. The SMILES string of the molecule is C#CCCC1(CCC(=O)Nc2nc3ccccn3n2)N=N1. The van der Waals surface area contributed by atoms with Gasteiger partial charge in [0, 0.05) is 31.9 Å². The topological polar surface area (TPSA) is 84.0 Å². The lowest BCUT2D eigenvalue weighted by Crippen LogP contribution is -2.18. The van der Waals surface area contributed by atoms with E-state index in [2.05, 4.69) is 31.5 Å². The van der Waals surface area contributed by atoms with E-state index >= 15 is 0 Å². The lowest BCUT2D eigenvalue weighted by Gasteiger charge is -2.07. The maximum absolute atomic E-state index is 11.9. The van der Waals surface area contributed by atoms with Crippen LogP contribution in [0.1, 0.15) is 25.7 Å². The molecular formula is C14H14N6O. The molecule has 3 rings (SSSR count). The number of nitrogens with zero attached hydrogens (tertiary/aromatic N) is 5. The number of anilines is 1. The van der Waals surface area contributed by atoms with Crippen molar-refractivity contribution in [3.63, 3.8) is 0 Å². The third-order valence-electron chi connectivity index (χ3n) is 3.30. The number of hydrogen-bond acceptors (Lipinski definition) is 5. The number of carbonyl (C=O) groups excluding carboxylic acids is 1. The second-order valence-corrected chi connectivity index (χ2v) is 4.87. The van der Waals surface area contributed by atoms with Gasteiger partial charge in [0.25, 0.3) is 0 Å². The second kappa shape index (κ2) is 5.32. The summed E-state index contributed by atoms with van der Waals surface area (Å²) in [5, 5.41) is 14.8. The molecule has 1 aliphatic rings. The van der Waals surface area contributed by atoms with Gasteiger partial charge in [-0.25, -0.2) is 4.52 Å². The van der Waals surface area contributed by atoms with Gasteiger partial charge in [-0.2, -0.15) is 15.2 Å². The van der Waals surface area contributed by atoms with E-state index in [1.54, 1.807) is 10.7 Å². The molecule has 7 heteroatoms. The fourth-order valence-electron chi connectivity index (χ4n) is 2.05. The monoisotopic (exact) mass is 282 g/mol. The fourth-order valence-corrected chi connectivity index (χ4v) is 2.05. The average molecular weight is 282 g/mol. The van der Waals surface area contributed by atoms with E-state index in [4.69, 9.17) is 6.42 Å². The summed E-state index contributed by atoms with van der Waals surface area (Å²) in [5.41, 5.74) is 0.251. The molecule has 0 saturated heterocycles. The lowest BCUT2D eigenvalue weighted by molar-refractivity contribution is -0.116. The number of aromatic nitrogens is 3. The molecule has 0 fully saturated rings. The molecule has 0 radical (unpaired) electrons. The van der Waals surface area contributed by atoms with Crippen LogP contribution in [0.15, 0.2) is 34.6 Å². The van der Waals surface area contributed by atoms with Gasteiger partial charge in [0.1, 0.15) is 0 Å². The molecule has 106 valence electrons. The summed E-state index contributed by atoms with van der Waals surface area (Å²) in [6.45, 7) is 0. The molecule has 0 atom stereocenters. The summed E-state index contributed by atoms with van der Waals surface area (Å²) in [7, 11) is 0. The van der Waals surface area contributed by atoms with E-state index in [1.165, 1.54) is 0 Å². The van der Waals surface area contributed by atoms with Crippen LogP contribution in [0.2, 0.25) is 0 Å². The van der Waals surface area contributed by atoms with Gasteiger partial charge >= 0.3 is 0 Å². The molecule has 7 nitrogen and oxygen atoms in total. The zero-order chi connectivity index (χ0) is 14.7. The van der Waals surface area contributed by atoms with Crippen molar-refractivity contribution in [3.8, 4) is 12.3 Å². The molecule has 2 aromatic rings. The molecule has 0 aromatic carbocycles. The molecule has 3 heterocycles. The van der Waals surface area contributed by atoms with Gasteiger partial charge < -0.3 is 0 Å². The number of rotatable bonds is 6. The summed E-state index contributed by atoms with van der Waals surface area (Å²) in [6, 6.07) is 5.53. The number of hydrogen-bond donors (Lipinski definition) is 1. The summed E-state index contributed by atoms with van der Waals surface area (Å²) in [5.74, 6) is 2.71. The number of carbonyl (C=O) groups is 1. The quantitative estimate of drug-likeness (QED) is 0.823. The normalized spacial score (nSPS) is 14.8. The van der Waals surface area contributed by atoms with Gasteiger partial charge in [0.2, 0.25) is 11.9 Å². The van der Waals surface area contributed by atoms with Crippen LogP contribution in [-0.4, -0.2) is 26.2 Å². The Bertz CT molecular complexity index is 702. The average Bonchev–Trinajstić information content (AvgIpc) is 3.14. The van der Waals surface area contributed by atoms with E-state index in [0.717, 1.165) is 0 Å². The summed E-state index contributed by atoms with van der Waals surface area (Å²) in [6.07, 6.45) is 9.19. The van der Waals surface area contributed by atoms with E-state index < -0.39 is 5.66 Å². The summed E-state index contributed by atoms with van der Waals surface area (Å²) < 4.78 is 1.61. The minimum Gasteiger partial charge on any atom is -0.293 e. The third kappa shape index (κ3) is 3.05. The Morgan fingerprint density at radius 2 is 2.24 bits per heavy atom. The molecular weight excluding hydrogens is 268 g/mol. The standard InChI is InChI=1S/C14H14N6O/c1-2-3-8-14(18-19-14)9-7-12(21)16-13-15-11-6-4-5-10-20(11)17-13/h1,4-6,10H,3,7-9H2,(H,16,17,21). The van der Waals surface area contributed by atoms with Crippen molar-refractivity contribution < 1.29 is 4.79 Å². The Hall–Kier alpha value is -2.75. The van der Waals surface area contributed by atoms with E-state index in [0.29, 0.717) is 37.3 Å². The molecule has 0 spiro atoms. The van der Waals surface area contributed by atoms with Crippen LogP contribution >= 0.6 is 0 Å². The minimum atomic E-state index is -0.434. The van der Waals surface area contributed by atoms with E-state index in [9.17, 15) is 4.79 Å². The Morgan fingerprint density at radius 3 is 2.95 bits per heavy atom. The number of terminal acetylenes is 1.